The minimum absolute atomic E-state index is 0.0523. The molecule has 0 aliphatic heterocycles. The van der Waals surface area contributed by atoms with E-state index in [-0.39, 0.29) is 12.3 Å². The van der Waals surface area contributed by atoms with Gasteiger partial charge in [0.25, 0.3) is 0 Å². The monoisotopic (exact) mass is 250 g/mol. The summed E-state index contributed by atoms with van der Waals surface area (Å²) in [5.74, 6) is -0.614. The number of oxime groups is 1. The number of likely N-dealkylation sites (N-methyl/N-ethyl adjacent to an activating group) is 1. The molecule has 0 saturated heterocycles. The van der Waals surface area contributed by atoms with Gasteiger partial charge in [0, 0.05) is 5.56 Å². The molecule has 0 saturated carbocycles. The number of nitrogens with one attached hydrogen (secondary N) is 1. The zero-order chi connectivity index (χ0) is 13.4. The Hall–Kier alpha value is -1.88. The highest BCUT2D eigenvalue weighted by molar-refractivity contribution is 6.43. The summed E-state index contributed by atoms with van der Waals surface area (Å²) >= 11 is 0. The van der Waals surface area contributed by atoms with Crippen molar-refractivity contribution in [3.63, 3.8) is 0 Å². The van der Waals surface area contributed by atoms with E-state index in [0.717, 1.165) is 18.5 Å². The third kappa shape index (κ3) is 3.56. The molecule has 0 amide bonds. The number of hydrogen-bond donors (Lipinski definition) is 2. The molecule has 0 heterocycles. The van der Waals surface area contributed by atoms with E-state index in [1.807, 2.05) is 19.2 Å². The number of hydrogen-bond acceptors (Lipinski definition) is 5. The quantitative estimate of drug-likeness (QED) is 0.344. The summed E-state index contributed by atoms with van der Waals surface area (Å²) in [5.41, 5.74) is 1.49. The number of rotatable bonds is 6. The number of benzene rings is 1. The minimum atomic E-state index is -0.614. The number of ether oxygens (including phenoxy) is 1. The van der Waals surface area contributed by atoms with Crippen molar-refractivity contribution in [3.8, 4) is 0 Å². The van der Waals surface area contributed by atoms with Crippen LogP contribution >= 0.6 is 0 Å². The summed E-state index contributed by atoms with van der Waals surface area (Å²) in [4.78, 5) is 11.7. The summed E-state index contributed by atoms with van der Waals surface area (Å²) in [7, 11) is 1.86. The summed E-state index contributed by atoms with van der Waals surface area (Å²) in [6.45, 7) is 2.73. The lowest BCUT2D eigenvalue weighted by Gasteiger charge is -2.09. The number of esters is 1. The Bertz CT molecular complexity index is 430. The zero-order valence-corrected chi connectivity index (χ0v) is 10.6. The topological polar surface area (TPSA) is 70.9 Å². The van der Waals surface area contributed by atoms with Crippen molar-refractivity contribution in [1.82, 2.24) is 5.32 Å². The molecular formula is C13H18N2O3. The van der Waals surface area contributed by atoms with E-state index in [0.29, 0.717) is 5.56 Å². The van der Waals surface area contributed by atoms with Gasteiger partial charge in [0.15, 0.2) is 5.71 Å². The van der Waals surface area contributed by atoms with Gasteiger partial charge in [-0.3, -0.25) is 0 Å². The van der Waals surface area contributed by atoms with Gasteiger partial charge in [-0.15, -0.1) is 0 Å². The Kier molecular flexibility index (Phi) is 5.87. The second kappa shape index (κ2) is 7.45. The molecule has 0 aliphatic rings. The number of carbonyl (C=O) groups excluding carboxylic acids is 1. The minimum Gasteiger partial charge on any atom is -0.461 e. The largest absolute Gasteiger partial charge is 0.461 e. The highest BCUT2D eigenvalue weighted by Crippen LogP contribution is 2.12. The van der Waals surface area contributed by atoms with Crippen LogP contribution in [-0.2, 0) is 16.0 Å². The first-order valence-electron chi connectivity index (χ1n) is 5.86. The molecule has 0 fully saturated rings. The third-order valence-electron chi connectivity index (χ3n) is 2.49. The van der Waals surface area contributed by atoms with E-state index in [4.69, 9.17) is 9.94 Å². The van der Waals surface area contributed by atoms with Crippen LogP contribution in [0.3, 0.4) is 0 Å². The first-order chi connectivity index (χ1) is 8.74. The highest BCUT2D eigenvalue weighted by atomic mass is 16.5. The van der Waals surface area contributed by atoms with Gasteiger partial charge in [-0.25, -0.2) is 4.79 Å². The average molecular weight is 250 g/mol. The molecular weight excluding hydrogens is 232 g/mol. The smallest absolute Gasteiger partial charge is 0.361 e. The van der Waals surface area contributed by atoms with Gasteiger partial charge in [0.05, 0.1) is 6.61 Å². The van der Waals surface area contributed by atoms with Crippen LogP contribution in [0.5, 0.6) is 0 Å². The van der Waals surface area contributed by atoms with Crippen LogP contribution in [0.2, 0.25) is 0 Å². The molecule has 0 radical (unpaired) electrons. The van der Waals surface area contributed by atoms with Crippen LogP contribution in [0.15, 0.2) is 29.4 Å². The maximum Gasteiger partial charge on any atom is 0.361 e. The molecule has 0 bridgehead atoms. The highest BCUT2D eigenvalue weighted by Gasteiger charge is 2.18. The molecule has 18 heavy (non-hydrogen) atoms. The third-order valence-corrected chi connectivity index (χ3v) is 2.49. The molecule has 0 unspecified atom stereocenters. The van der Waals surface area contributed by atoms with E-state index in [2.05, 4.69) is 10.5 Å². The van der Waals surface area contributed by atoms with Crippen LogP contribution in [0.4, 0.5) is 0 Å². The number of nitrogens with zero attached hydrogens (tertiary/aromatic N) is 1. The molecule has 5 heteroatoms. The van der Waals surface area contributed by atoms with Gasteiger partial charge in [-0.2, -0.15) is 0 Å². The predicted molar refractivity (Wildman–Crippen MR) is 69.0 cm³/mol. The van der Waals surface area contributed by atoms with Gasteiger partial charge in [-0.05, 0) is 32.5 Å². The fraction of sp³-hybridized carbons (Fsp3) is 0.385. The van der Waals surface area contributed by atoms with Crippen LogP contribution in [-0.4, -0.2) is 37.1 Å². The fourth-order valence-electron chi connectivity index (χ4n) is 1.63. The van der Waals surface area contributed by atoms with Gasteiger partial charge in [0.1, 0.15) is 0 Å². The van der Waals surface area contributed by atoms with Crippen molar-refractivity contribution < 1.29 is 14.7 Å². The summed E-state index contributed by atoms with van der Waals surface area (Å²) in [6.07, 6.45) is 0.741. The Labute approximate surface area is 106 Å². The molecule has 1 rings (SSSR count). The SMILES string of the molecule is CCOC(=O)/C(=N\O)c1ccccc1CCNC. The van der Waals surface area contributed by atoms with Crippen molar-refractivity contribution in [1.29, 1.82) is 0 Å². The predicted octanol–water partition coefficient (Wildman–Crippen LogP) is 1.19. The second-order valence-electron chi connectivity index (χ2n) is 3.68. The molecule has 1 aromatic carbocycles. The van der Waals surface area contributed by atoms with Crippen LogP contribution in [0.1, 0.15) is 18.1 Å². The van der Waals surface area contributed by atoms with Gasteiger partial charge >= 0.3 is 5.97 Å². The maximum absolute atomic E-state index is 11.7. The van der Waals surface area contributed by atoms with Crippen molar-refractivity contribution in [2.24, 2.45) is 5.16 Å². The van der Waals surface area contributed by atoms with Gasteiger partial charge in [-0.1, -0.05) is 29.4 Å². The zero-order valence-electron chi connectivity index (χ0n) is 10.6. The Balaban J connectivity index is 3.02. The molecule has 1 aromatic rings. The van der Waals surface area contributed by atoms with Gasteiger partial charge in [0.2, 0.25) is 0 Å². The van der Waals surface area contributed by atoms with E-state index in [1.165, 1.54) is 0 Å². The van der Waals surface area contributed by atoms with E-state index >= 15 is 0 Å². The summed E-state index contributed by atoms with van der Waals surface area (Å²) in [5, 5.41) is 15.1. The van der Waals surface area contributed by atoms with E-state index < -0.39 is 5.97 Å². The first kappa shape index (κ1) is 14.2. The van der Waals surface area contributed by atoms with Crippen LogP contribution in [0, 0.1) is 0 Å². The lowest BCUT2D eigenvalue weighted by Crippen LogP contribution is -2.21. The van der Waals surface area contributed by atoms with Crippen LogP contribution < -0.4 is 5.32 Å². The Morgan fingerprint density at radius 3 is 2.78 bits per heavy atom. The molecule has 2 N–H and O–H groups in total. The van der Waals surface area contributed by atoms with Gasteiger partial charge < -0.3 is 15.3 Å². The normalized spacial score (nSPS) is 11.3. The van der Waals surface area contributed by atoms with Crippen molar-refractivity contribution >= 4 is 11.7 Å². The maximum atomic E-state index is 11.7. The molecule has 0 atom stereocenters. The Morgan fingerprint density at radius 1 is 1.44 bits per heavy atom. The lowest BCUT2D eigenvalue weighted by atomic mass is 10.0. The molecule has 98 valence electrons. The molecule has 5 nitrogen and oxygen atoms in total. The molecule has 0 spiro atoms. The molecule has 0 aromatic heterocycles. The lowest BCUT2D eigenvalue weighted by molar-refractivity contribution is -0.135. The average Bonchev–Trinajstić information content (AvgIpc) is 2.39. The summed E-state index contributed by atoms with van der Waals surface area (Å²) in [6, 6.07) is 7.32. The van der Waals surface area contributed by atoms with Crippen molar-refractivity contribution in [3.05, 3.63) is 35.4 Å². The standard InChI is InChI=1S/C13H18N2O3/c1-3-18-13(16)12(15-17)11-7-5-4-6-10(11)8-9-14-2/h4-7,14,17H,3,8-9H2,1-2H3/b15-12-. The number of carbonyl (C=O) groups is 1. The Morgan fingerprint density at radius 2 is 2.17 bits per heavy atom. The summed E-state index contributed by atoms with van der Waals surface area (Å²) < 4.78 is 4.86. The van der Waals surface area contributed by atoms with E-state index in [9.17, 15) is 4.79 Å². The first-order valence-corrected chi connectivity index (χ1v) is 5.86. The fourth-order valence-corrected chi connectivity index (χ4v) is 1.63. The van der Waals surface area contributed by atoms with Crippen molar-refractivity contribution in [2.75, 3.05) is 20.2 Å². The van der Waals surface area contributed by atoms with Crippen LogP contribution in [0.25, 0.3) is 0 Å². The molecule has 0 aliphatic carbocycles. The second-order valence-corrected chi connectivity index (χ2v) is 3.68. The van der Waals surface area contributed by atoms with Crippen molar-refractivity contribution in [2.45, 2.75) is 13.3 Å². The van der Waals surface area contributed by atoms with E-state index in [1.54, 1.807) is 19.1 Å².